The Morgan fingerprint density at radius 3 is 2.38 bits per heavy atom. The molecule has 3 aromatic rings. The zero-order valence-corrected chi connectivity index (χ0v) is 20.0. The lowest BCUT2D eigenvalue weighted by Gasteiger charge is -2.34. The van der Waals surface area contributed by atoms with Crippen LogP contribution in [0.2, 0.25) is 0 Å². The number of sulfonamides is 1. The van der Waals surface area contributed by atoms with Crippen molar-refractivity contribution in [2.75, 3.05) is 18.4 Å². The molecule has 170 valence electrons. The van der Waals surface area contributed by atoms with E-state index in [2.05, 4.69) is 19.2 Å². The van der Waals surface area contributed by atoms with Crippen molar-refractivity contribution in [3.63, 3.8) is 0 Å². The topological polar surface area (TPSA) is 79.6 Å². The molecule has 6 nitrogen and oxygen atoms in total. The molecule has 1 aliphatic heterocycles. The van der Waals surface area contributed by atoms with Gasteiger partial charge in [0.15, 0.2) is 5.76 Å². The van der Waals surface area contributed by atoms with Crippen LogP contribution in [0.3, 0.4) is 0 Å². The first-order valence-corrected chi connectivity index (χ1v) is 12.4. The molecule has 0 bridgehead atoms. The molecule has 0 spiro atoms. The molecule has 1 aliphatic rings. The van der Waals surface area contributed by atoms with Gasteiger partial charge in [-0.2, -0.15) is 4.31 Å². The number of anilines is 1. The summed E-state index contributed by atoms with van der Waals surface area (Å²) in [5, 5.41) is 3.54. The van der Waals surface area contributed by atoms with Crippen LogP contribution in [0.25, 0.3) is 11.0 Å². The standard InChI is InChI=1S/C25H30N2O4S/c1-15-6-8-22(18(4)11-15)26-25(28)24-19(5)21-12-20(7-9-23(21)31-24)32(29,30)27-13-16(2)10-17(3)14-27/h6-9,11-12,16-17H,10,13-14H2,1-5H3,(H,26,28)/t16-,17-/m0/s1. The summed E-state index contributed by atoms with van der Waals surface area (Å²) < 4.78 is 34.0. The number of nitrogens with zero attached hydrogens (tertiary/aromatic N) is 1. The summed E-state index contributed by atoms with van der Waals surface area (Å²) in [5.41, 5.74) is 3.92. The van der Waals surface area contributed by atoms with Gasteiger partial charge in [-0.15, -0.1) is 0 Å². The Hall–Kier alpha value is -2.64. The number of aryl methyl sites for hydroxylation is 3. The quantitative estimate of drug-likeness (QED) is 0.582. The Morgan fingerprint density at radius 2 is 1.72 bits per heavy atom. The molecule has 2 aromatic carbocycles. The highest BCUT2D eigenvalue weighted by atomic mass is 32.2. The molecule has 32 heavy (non-hydrogen) atoms. The number of furan rings is 1. The van der Waals surface area contributed by atoms with Gasteiger partial charge in [-0.25, -0.2) is 8.42 Å². The summed E-state index contributed by atoms with van der Waals surface area (Å²) in [4.78, 5) is 13.1. The number of carbonyl (C=O) groups excluding carboxylic acids is 1. The maximum atomic E-state index is 13.3. The number of hydrogen-bond acceptors (Lipinski definition) is 4. The third-order valence-corrected chi connectivity index (χ3v) is 8.04. The summed E-state index contributed by atoms with van der Waals surface area (Å²) in [7, 11) is -3.61. The highest BCUT2D eigenvalue weighted by Crippen LogP contribution is 2.32. The van der Waals surface area contributed by atoms with E-state index in [4.69, 9.17) is 4.42 Å². The molecule has 2 atom stereocenters. The van der Waals surface area contributed by atoms with Gasteiger partial charge in [-0.05, 0) is 68.9 Å². The minimum Gasteiger partial charge on any atom is -0.451 e. The van der Waals surface area contributed by atoms with Crippen molar-refractivity contribution in [3.8, 4) is 0 Å². The predicted molar refractivity (Wildman–Crippen MR) is 127 cm³/mol. The molecule has 1 aromatic heterocycles. The number of fused-ring (bicyclic) bond motifs is 1. The van der Waals surface area contributed by atoms with Crippen LogP contribution in [-0.2, 0) is 10.0 Å². The molecule has 1 fully saturated rings. The van der Waals surface area contributed by atoms with E-state index in [9.17, 15) is 13.2 Å². The molecule has 0 saturated carbocycles. The average molecular weight is 455 g/mol. The van der Waals surface area contributed by atoms with E-state index in [0.717, 1.165) is 23.2 Å². The minimum absolute atomic E-state index is 0.190. The van der Waals surface area contributed by atoms with Crippen molar-refractivity contribution in [2.45, 2.75) is 45.9 Å². The summed E-state index contributed by atoms with van der Waals surface area (Å²) in [6.45, 7) is 10.9. The van der Waals surface area contributed by atoms with Crippen LogP contribution in [0.1, 0.15) is 47.5 Å². The smallest absolute Gasteiger partial charge is 0.291 e. The molecule has 0 radical (unpaired) electrons. The van der Waals surface area contributed by atoms with Crippen LogP contribution in [0.15, 0.2) is 45.7 Å². The lowest BCUT2D eigenvalue weighted by molar-refractivity contribution is 0.0998. The number of nitrogens with one attached hydrogen (secondary N) is 1. The average Bonchev–Trinajstić information content (AvgIpc) is 3.05. The summed E-state index contributed by atoms with van der Waals surface area (Å²) in [5.74, 6) is 0.491. The summed E-state index contributed by atoms with van der Waals surface area (Å²) >= 11 is 0. The zero-order valence-electron chi connectivity index (χ0n) is 19.2. The van der Waals surface area contributed by atoms with Crippen LogP contribution in [0, 0.1) is 32.6 Å². The Balaban J connectivity index is 1.66. The molecule has 1 N–H and O–H groups in total. The number of benzene rings is 2. The lowest BCUT2D eigenvalue weighted by Crippen LogP contribution is -2.42. The Morgan fingerprint density at radius 1 is 1.03 bits per heavy atom. The van der Waals surface area contributed by atoms with Crippen LogP contribution in [-0.4, -0.2) is 31.7 Å². The SMILES string of the molecule is Cc1ccc(NC(=O)c2oc3ccc(S(=O)(=O)N4C[C@@H](C)C[C@H](C)C4)cc3c2C)c(C)c1. The van der Waals surface area contributed by atoms with Gasteiger partial charge in [0.2, 0.25) is 10.0 Å². The van der Waals surface area contributed by atoms with E-state index in [0.29, 0.717) is 41.5 Å². The van der Waals surface area contributed by atoms with Crippen molar-refractivity contribution in [1.29, 1.82) is 0 Å². The van der Waals surface area contributed by atoms with Gasteiger partial charge in [-0.1, -0.05) is 31.5 Å². The van der Waals surface area contributed by atoms with E-state index in [1.54, 1.807) is 29.4 Å². The van der Waals surface area contributed by atoms with Crippen LogP contribution < -0.4 is 5.32 Å². The first kappa shape index (κ1) is 22.6. The second-order valence-electron chi connectivity index (χ2n) is 9.25. The van der Waals surface area contributed by atoms with Gasteiger partial charge < -0.3 is 9.73 Å². The third kappa shape index (κ3) is 4.19. The zero-order chi connectivity index (χ0) is 23.2. The number of hydrogen-bond donors (Lipinski definition) is 1. The van der Waals surface area contributed by atoms with Gasteiger partial charge in [-0.3, -0.25) is 4.79 Å². The van der Waals surface area contributed by atoms with Gasteiger partial charge in [0.25, 0.3) is 5.91 Å². The van der Waals surface area contributed by atoms with E-state index in [1.165, 1.54) is 0 Å². The maximum absolute atomic E-state index is 13.3. The van der Waals surface area contributed by atoms with Gasteiger partial charge in [0.05, 0.1) is 4.90 Å². The number of amides is 1. The molecule has 0 aliphatic carbocycles. The van der Waals surface area contributed by atoms with Crippen molar-refractivity contribution in [2.24, 2.45) is 11.8 Å². The fraction of sp³-hybridized carbons (Fsp3) is 0.400. The fourth-order valence-electron chi connectivity index (χ4n) is 4.66. The first-order valence-electron chi connectivity index (χ1n) is 11.0. The van der Waals surface area contributed by atoms with Crippen molar-refractivity contribution >= 4 is 32.6 Å². The molecule has 1 saturated heterocycles. The number of rotatable bonds is 4. The number of carbonyl (C=O) groups is 1. The van der Waals surface area contributed by atoms with Crippen molar-refractivity contribution in [1.82, 2.24) is 4.31 Å². The lowest BCUT2D eigenvalue weighted by atomic mass is 9.94. The van der Waals surface area contributed by atoms with Gasteiger partial charge in [0.1, 0.15) is 5.58 Å². The number of piperidine rings is 1. The summed E-state index contributed by atoms with van der Waals surface area (Å²) in [6, 6.07) is 10.6. The predicted octanol–water partition coefficient (Wildman–Crippen LogP) is 5.28. The molecule has 2 heterocycles. The minimum atomic E-state index is -3.61. The van der Waals surface area contributed by atoms with Crippen LogP contribution in [0.5, 0.6) is 0 Å². The van der Waals surface area contributed by atoms with Crippen molar-refractivity contribution < 1.29 is 17.6 Å². The molecule has 7 heteroatoms. The van der Waals surface area contributed by atoms with Gasteiger partial charge >= 0.3 is 0 Å². The largest absolute Gasteiger partial charge is 0.451 e. The second-order valence-corrected chi connectivity index (χ2v) is 11.2. The second kappa shape index (κ2) is 8.37. The Labute approximate surface area is 189 Å². The third-order valence-electron chi connectivity index (χ3n) is 6.22. The first-order chi connectivity index (χ1) is 15.1. The fourth-order valence-corrected chi connectivity index (χ4v) is 6.37. The van der Waals surface area contributed by atoms with Crippen LogP contribution >= 0.6 is 0 Å². The monoisotopic (exact) mass is 454 g/mol. The molecule has 4 rings (SSSR count). The Bertz CT molecular complexity index is 1280. The van der Waals surface area contributed by atoms with E-state index < -0.39 is 10.0 Å². The van der Waals surface area contributed by atoms with Gasteiger partial charge in [0, 0.05) is 29.7 Å². The molecular weight excluding hydrogens is 424 g/mol. The normalized spacial score (nSPS) is 19.9. The molecule has 1 amide bonds. The van der Waals surface area contributed by atoms with Crippen LogP contribution in [0.4, 0.5) is 5.69 Å². The molecule has 0 unspecified atom stereocenters. The maximum Gasteiger partial charge on any atom is 0.291 e. The highest BCUT2D eigenvalue weighted by Gasteiger charge is 2.32. The molecular formula is C25H30N2O4S. The summed E-state index contributed by atoms with van der Waals surface area (Å²) in [6.07, 6.45) is 1.03. The van der Waals surface area contributed by atoms with E-state index in [-0.39, 0.29) is 16.6 Å². The Kier molecular flexibility index (Phi) is 5.90. The van der Waals surface area contributed by atoms with E-state index in [1.807, 2.05) is 32.0 Å². The highest BCUT2D eigenvalue weighted by molar-refractivity contribution is 7.89. The van der Waals surface area contributed by atoms with Crippen molar-refractivity contribution in [3.05, 3.63) is 58.8 Å². The van der Waals surface area contributed by atoms with E-state index >= 15 is 0 Å².